The first-order valence-electron chi connectivity index (χ1n) is 8.13. The number of hydrogen-bond acceptors (Lipinski definition) is 3. The van der Waals surface area contributed by atoms with E-state index in [1.54, 1.807) is 0 Å². The van der Waals surface area contributed by atoms with Crippen LogP contribution in [-0.2, 0) is 0 Å². The van der Waals surface area contributed by atoms with Crippen molar-refractivity contribution >= 4 is 29.9 Å². The summed E-state index contributed by atoms with van der Waals surface area (Å²) >= 11 is 0. The molecule has 0 aromatic rings. The maximum atomic E-state index is 4.76. The second-order valence-electron chi connectivity index (χ2n) is 7.45. The normalized spacial score (nSPS) is 40.0. The van der Waals surface area contributed by atoms with Crippen LogP contribution in [0.25, 0.3) is 0 Å². The third kappa shape index (κ3) is 3.09. The van der Waals surface area contributed by atoms with Gasteiger partial charge in [0.15, 0.2) is 5.96 Å². The summed E-state index contributed by atoms with van der Waals surface area (Å²) in [6.07, 6.45) is 6.86. The molecule has 3 rings (SSSR count). The molecule has 3 aliphatic rings. The molecular weight excluding hydrogens is 361 g/mol. The minimum atomic E-state index is 0. The molecule has 2 heterocycles. The molecular formula is C16H30IN3. The summed E-state index contributed by atoms with van der Waals surface area (Å²) in [5, 5.41) is 3.69. The Hall–Kier alpha value is 0. The zero-order valence-corrected chi connectivity index (χ0v) is 15.5. The van der Waals surface area contributed by atoms with Gasteiger partial charge in [-0.05, 0) is 36.5 Å². The van der Waals surface area contributed by atoms with Gasteiger partial charge in [-0.1, -0.05) is 33.6 Å². The quantitative estimate of drug-likeness (QED) is 0.730. The van der Waals surface area contributed by atoms with Crippen molar-refractivity contribution in [2.24, 2.45) is 22.2 Å². The molecule has 4 atom stereocenters. The van der Waals surface area contributed by atoms with Gasteiger partial charge in [-0.15, -0.1) is 24.0 Å². The molecule has 0 aromatic heterocycles. The molecule has 0 aromatic carbocycles. The topological polar surface area (TPSA) is 27.6 Å². The molecule has 2 fully saturated rings. The Morgan fingerprint density at radius 2 is 2.10 bits per heavy atom. The molecule has 1 saturated carbocycles. The van der Waals surface area contributed by atoms with Gasteiger partial charge in [0.2, 0.25) is 0 Å². The first kappa shape index (κ1) is 16.4. The molecule has 3 nitrogen and oxygen atoms in total. The highest BCUT2D eigenvalue weighted by molar-refractivity contribution is 14.0. The SMILES string of the molecule is CC1CCC2CN=C(NCC3(C)CCCC3C)N2C1.I. The molecule has 20 heavy (non-hydrogen) atoms. The van der Waals surface area contributed by atoms with E-state index in [0.717, 1.165) is 24.9 Å². The fraction of sp³-hybridized carbons (Fsp3) is 0.938. The van der Waals surface area contributed by atoms with Crippen molar-refractivity contribution in [2.75, 3.05) is 19.6 Å². The van der Waals surface area contributed by atoms with E-state index < -0.39 is 0 Å². The zero-order chi connectivity index (χ0) is 13.5. The lowest BCUT2D eigenvalue weighted by Gasteiger charge is -2.37. The van der Waals surface area contributed by atoms with Crippen LogP contribution >= 0.6 is 24.0 Å². The molecule has 1 N–H and O–H groups in total. The van der Waals surface area contributed by atoms with Crippen molar-refractivity contribution in [3.63, 3.8) is 0 Å². The lowest BCUT2D eigenvalue weighted by Crippen LogP contribution is -2.50. The van der Waals surface area contributed by atoms with E-state index in [-0.39, 0.29) is 24.0 Å². The van der Waals surface area contributed by atoms with E-state index >= 15 is 0 Å². The van der Waals surface area contributed by atoms with Crippen LogP contribution in [0.3, 0.4) is 0 Å². The van der Waals surface area contributed by atoms with E-state index in [2.05, 4.69) is 31.0 Å². The number of guanidine groups is 1. The zero-order valence-electron chi connectivity index (χ0n) is 13.2. The van der Waals surface area contributed by atoms with Gasteiger partial charge in [0, 0.05) is 13.1 Å². The largest absolute Gasteiger partial charge is 0.356 e. The van der Waals surface area contributed by atoms with Gasteiger partial charge in [-0.2, -0.15) is 0 Å². The monoisotopic (exact) mass is 391 g/mol. The molecule has 0 amide bonds. The van der Waals surface area contributed by atoms with E-state index in [0.29, 0.717) is 11.5 Å². The first-order valence-corrected chi connectivity index (χ1v) is 8.13. The van der Waals surface area contributed by atoms with Crippen LogP contribution in [0.4, 0.5) is 0 Å². The fourth-order valence-electron chi connectivity index (χ4n) is 4.05. The van der Waals surface area contributed by atoms with E-state index in [4.69, 9.17) is 4.99 Å². The number of nitrogens with zero attached hydrogens (tertiary/aromatic N) is 2. The van der Waals surface area contributed by atoms with Crippen LogP contribution in [-0.4, -0.2) is 36.5 Å². The van der Waals surface area contributed by atoms with Gasteiger partial charge in [-0.3, -0.25) is 4.99 Å². The highest BCUT2D eigenvalue weighted by atomic mass is 127. The highest BCUT2D eigenvalue weighted by Crippen LogP contribution is 2.42. The van der Waals surface area contributed by atoms with Crippen molar-refractivity contribution in [3.05, 3.63) is 0 Å². The fourth-order valence-corrected chi connectivity index (χ4v) is 4.05. The molecule has 1 aliphatic carbocycles. The Kier molecular flexibility index (Phi) is 5.24. The average molecular weight is 391 g/mol. The summed E-state index contributed by atoms with van der Waals surface area (Å²) in [4.78, 5) is 7.30. The minimum absolute atomic E-state index is 0. The molecule has 0 radical (unpaired) electrons. The summed E-state index contributed by atoms with van der Waals surface area (Å²) in [5.74, 6) is 2.86. The van der Waals surface area contributed by atoms with Crippen LogP contribution < -0.4 is 5.32 Å². The number of fused-ring (bicyclic) bond motifs is 1. The number of aliphatic imine (C=N–C) groups is 1. The molecule has 4 unspecified atom stereocenters. The molecule has 4 heteroatoms. The third-order valence-corrected chi connectivity index (χ3v) is 5.89. The number of halogens is 1. The Morgan fingerprint density at radius 1 is 1.30 bits per heavy atom. The Labute approximate surface area is 141 Å². The molecule has 116 valence electrons. The summed E-state index contributed by atoms with van der Waals surface area (Å²) in [6, 6.07) is 0.688. The number of rotatable bonds is 2. The molecule has 2 aliphatic heterocycles. The maximum Gasteiger partial charge on any atom is 0.194 e. The summed E-state index contributed by atoms with van der Waals surface area (Å²) in [7, 11) is 0. The molecule has 0 bridgehead atoms. The van der Waals surface area contributed by atoms with Gasteiger partial charge < -0.3 is 10.2 Å². The van der Waals surface area contributed by atoms with E-state index in [9.17, 15) is 0 Å². The van der Waals surface area contributed by atoms with Crippen molar-refractivity contribution < 1.29 is 0 Å². The second kappa shape index (κ2) is 6.41. The van der Waals surface area contributed by atoms with Crippen LogP contribution in [0.1, 0.15) is 52.9 Å². The van der Waals surface area contributed by atoms with Crippen molar-refractivity contribution in [1.29, 1.82) is 0 Å². The molecule has 0 spiro atoms. The van der Waals surface area contributed by atoms with E-state index in [1.165, 1.54) is 44.6 Å². The third-order valence-electron chi connectivity index (χ3n) is 5.89. The van der Waals surface area contributed by atoms with Gasteiger partial charge in [0.05, 0.1) is 12.6 Å². The lowest BCUT2D eigenvalue weighted by molar-refractivity contribution is 0.203. The Morgan fingerprint density at radius 3 is 2.80 bits per heavy atom. The summed E-state index contributed by atoms with van der Waals surface area (Å²) in [6.45, 7) is 10.5. The van der Waals surface area contributed by atoms with Gasteiger partial charge in [0.1, 0.15) is 0 Å². The van der Waals surface area contributed by atoms with Crippen LogP contribution in [0.15, 0.2) is 4.99 Å². The first-order chi connectivity index (χ1) is 9.08. The lowest BCUT2D eigenvalue weighted by atomic mass is 9.81. The van der Waals surface area contributed by atoms with Crippen LogP contribution in [0.5, 0.6) is 0 Å². The van der Waals surface area contributed by atoms with Crippen LogP contribution in [0.2, 0.25) is 0 Å². The summed E-state index contributed by atoms with van der Waals surface area (Å²) < 4.78 is 0. The second-order valence-corrected chi connectivity index (χ2v) is 7.45. The smallest absolute Gasteiger partial charge is 0.194 e. The molecule has 1 saturated heterocycles. The number of hydrogen-bond donors (Lipinski definition) is 1. The van der Waals surface area contributed by atoms with Crippen molar-refractivity contribution in [1.82, 2.24) is 10.2 Å². The Bertz CT molecular complexity index is 371. The van der Waals surface area contributed by atoms with Gasteiger partial charge >= 0.3 is 0 Å². The van der Waals surface area contributed by atoms with E-state index in [1.807, 2.05) is 0 Å². The highest BCUT2D eigenvalue weighted by Gasteiger charge is 2.37. The van der Waals surface area contributed by atoms with Gasteiger partial charge in [0.25, 0.3) is 0 Å². The Balaban J connectivity index is 0.00000147. The van der Waals surface area contributed by atoms with Gasteiger partial charge in [-0.25, -0.2) is 0 Å². The standard InChI is InChI=1S/C16H29N3.HI/c1-12-6-7-14-9-17-15(19(14)10-12)18-11-16(3)8-4-5-13(16)2;/h12-14H,4-11H2,1-3H3,(H,17,18);1H. The minimum Gasteiger partial charge on any atom is -0.356 e. The maximum absolute atomic E-state index is 4.76. The predicted octanol–water partition coefficient (Wildman–Crippen LogP) is 3.49. The van der Waals surface area contributed by atoms with Crippen molar-refractivity contribution in [3.8, 4) is 0 Å². The van der Waals surface area contributed by atoms with Crippen LogP contribution in [0, 0.1) is 17.3 Å². The predicted molar refractivity (Wildman–Crippen MR) is 95.7 cm³/mol. The number of piperidine rings is 1. The number of nitrogens with one attached hydrogen (secondary N) is 1. The summed E-state index contributed by atoms with van der Waals surface area (Å²) in [5.41, 5.74) is 0.474. The average Bonchev–Trinajstić information content (AvgIpc) is 2.92. The van der Waals surface area contributed by atoms with Crippen molar-refractivity contribution in [2.45, 2.75) is 58.9 Å².